The van der Waals surface area contributed by atoms with E-state index in [2.05, 4.69) is 0 Å². The first-order chi connectivity index (χ1) is 9.19. The number of hydrogen-bond donors (Lipinski definition) is 1. The lowest BCUT2D eigenvalue weighted by atomic mass is 9.78. The third-order valence-electron chi connectivity index (χ3n) is 4.47. The summed E-state index contributed by atoms with van der Waals surface area (Å²) in [7, 11) is 0. The van der Waals surface area contributed by atoms with E-state index in [1.165, 1.54) is 11.5 Å². The van der Waals surface area contributed by atoms with Crippen molar-refractivity contribution in [3.8, 4) is 0 Å². The van der Waals surface area contributed by atoms with Crippen LogP contribution in [0.15, 0.2) is 16.7 Å². The van der Waals surface area contributed by atoms with Gasteiger partial charge in [0, 0.05) is 12.2 Å². The fourth-order valence-electron chi connectivity index (χ4n) is 3.32. The average Bonchev–Trinajstić information content (AvgIpc) is 2.85. The Balaban J connectivity index is 1.70. The first kappa shape index (κ1) is 13.5. The van der Waals surface area contributed by atoms with Gasteiger partial charge in [0.05, 0.1) is 18.0 Å². The van der Waals surface area contributed by atoms with Crippen molar-refractivity contribution in [3.63, 3.8) is 0 Å². The van der Waals surface area contributed by atoms with Crippen molar-refractivity contribution in [3.05, 3.63) is 23.7 Å². The Hall–Kier alpha value is -0.450. The highest BCUT2D eigenvalue weighted by Gasteiger charge is 2.41. The fourth-order valence-corrected chi connectivity index (χ4v) is 4.55. The van der Waals surface area contributed by atoms with Crippen LogP contribution in [0.2, 0.25) is 0 Å². The van der Waals surface area contributed by atoms with Crippen LogP contribution in [0.5, 0.6) is 0 Å². The monoisotopic (exact) mass is 282 g/mol. The SMILES string of the molecule is Cc1cc(C(O)C2CCOC3(CCSCC3)C2)co1. The van der Waals surface area contributed by atoms with Gasteiger partial charge >= 0.3 is 0 Å². The van der Waals surface area contributed by atoms with Crippen LogP contribution in [0, 0.1) is 12.8 Å². The predicted octanol–water partition coefficient (Wildman–Crippen LogP) is 3.31. The maximum atomic E-state index is 10.6. The van der Waals surface area contributed by atoms with E-state index in [-0.39, 0.29) is 5.60 Å². The third-order valence-corrected chi connectivity index (χ3v) is 5.46. The summed E-state index contributed by atoms with van der Waals surface area (Å²) in [5.41, 5.74) is 0.957. The molecule has 2 saturated heterocycles. The second kappa shape index (κ2) is 5.51. The molecule has 2 aliphatic heterocycles. The largest absolute Gasteiger partial charge is 0.469 e. The Morgan fingerprint density at radius 2 is 2.21 bits per heavy atom. The molecule has 2 atom stereocenters. The van der Waals surface area contributed by atoms with Crippen molar-refractivity contribution in [1.29, 1.82) is 0 Å². The summed E-state index contributed by atoms with van der Waals surface area (Å²) in [6, 6.07) is 1.95. The minimum absolute atomic E-state index is 0.0356. The molecule has 3 heterocycles. The van der Waals surface area contributed by atoms with Gasteiger partial charge in [-0.3, -0.25) is 0 Å². The molecule has 3 nitrogen and oxygen atoms in total. The molecule has 2 aliphatic rings. The number of aryl methyl sites for hydroxylation is 1. The highest BCUT2D eigenvalue weighted by Crippen LogP contribution is 2.43. The molecule has 2 unspecified atom stereocenters. The molecule has 1 N–H and O–H groups in total. The van der Waals surface area contributed by atoms with E-state index in [0.29, 0.717) is 5.92 Å². The lowest BCUT2D eigenvalue weighted by molar-refractivity contribution is -0.121. The molecule has 0 radical (unpaired) electrons. The van der Waals surface area contributed by atoms with Crippen LogP contribution in [-0.2, 0) is 4.74 Å². The number of aliphatic hydroxyl groups is 1. The molecule has 2 fully saturated rings. The zero-order chi connectivity index (χ0) is 13.3. The molecule has 1 aromatic rings. The number of rotatable bonds is 2. The van der Waals surface area contributed by atoms with Gasteiger partial charge in [0.25, 0.3) is 0 Å². The Morgan fingerprint density at radius 3 is 2.89 bits per heavy atom. The summed E-state index contributed by atoms with van der Waals surface area (Å²) in [6.07, 6.45) is 5.47. The number of thioether (sulfide) groups is 1. The van der Waals surface area contributed by atoms with Gasteiger partial charge < -0.3 is 14.3 Å². The molecule has 3 rings (SSSR count). The van der Waals surface area contributed by atoms with Crippen molar-refractivity contribution in [2.45, 2.75) is 44.3 Å². The Labute approximate surface area is 118 Å². The van der Waals surface area contributed by atoms with Crippen LogP contribution in [0.25, 0.3) is 0 Å². The van der Waals surface area contributed by atoms with Gasteiger partial charge in [0.15, 0.2) is 0 Å². The van der Waals surface area contributed by atoms with E-state index in [0.717, 1.165) is 43.6 Å². The summed E-state index contributed by atoms with van der Waals surface area (Å²) in [4.78, 5) is 0. The van der Waals surface area contributed by atoms with Gasteiger partial charge in [-0.05, 0) is 56.1 Å². The molecule has 4 heteroatoms. The normalized spacial score (nSPS) is 28.4. The van der Waals surface area contributed by atoms with Gasteiger partial charge in [-0.2, -0.15) is 11.8 Å². The van der Waals surface area contributed by atoms with Crippen LogP contribution in [0.4, 0.5) is 0 Å². The Kier molecular flexibility index (Phi) is 3.92. The number of ether oxygens (including phenoxy) is 1. The van der Waals surface area contributed by atoms with Crippen molar-refractivity contribution in [1.82, 2.24) is 0 Å². The maximum absolute atomic E-state index is 10.6. The summed E-state index contributed by atoms with van der Waals surface area (Å²) in [6.45, 7) is 2.70. The minimum Gasteiger partial charge on any atom is -0.469 e. The fraction of sp³-hybridized carbons (Fsp3) is 0.733. The standard InChI is InChI=1S/C15H22O3S/c1-11-8-13(10-17-11)14(16)12-2-5-18-15(9-12)3-6-19-7-4-15/h8,10,12,14,16H,2-7,9H2,1H3. The van der Waals surface area contributed by atoms with E-state index in [1.54, 1.807) is 6.26 Å². The van der Waals surface area contributed by atoms with E-state index in [4.69, 9.17) is 9.15 Å². The molecule has 0 amide bonds. The van der Waals surface area contributed by atoms with Crippen LogP contribution >= 0.6 is 11.8 Å². The average molecular weight is 282 g/mol. The van der Waals surface area contributed by atoms with Gasteiger partial charge in [-0.15, -0.1) is 0 Å². The van der Waals surface area contributed by atoms with Crippen LogP contribution in [0.3, 0.4) is 0 Å². The molecule has 0 saturated carbocycles. The van der Waals surface area contributed by atoms with Crippen LogP contribution in [-0.4, -0.2) is 28.8 Å². The van der Waals surface area contributed by atoms with Gasteiger partial charge in [0.1, 0.15) is 5.76 Å². The zero-order valence-corrected chi connectivity index (χ0v) is 12.2. The number of hydrogen-bond acceptors (Lipinski definition) is 4. The van der Waals surface area contributed by atoms with Gasteiger partial charge in [-0.1, -0.05) is 0 Å². The summed E-state index contributed by atoms with van der Waals surface area (Å²) < 4.78 is 11.4. The number of aliphatic hydroxyl groups excluding tert-OH is 1. The van der Waals surface area contributed by atoms with E-state index < -0.39 is 6.10 Å². The molecular weight excluding hydrogens is 260 g/mol. The predicted molar refractivity (Wildman–Crippen MR) is 76.4 cm³/mol. The van der Waals surface area contributed by atoms with Gasteiger partial charge in [-0.25, -0.2) is 0 Å². The molecule has 106 valence electrons. The van der Waals surface area contributed by atoms with Gasteiger partial charge in [0.2, 0.25) is 0 Å². The quantitative estimate of drug-likeness (QED) is 0.903. The topological polar surface area (TPSA) is 42.6 Å². The Bertz CT molecular complexity index is 417. The summed E-state index contributed by atoms with van der Waals surface area (Å²) in [5, 5.41) is 10.6. The molecule has 1 spiro atoms. The lowest BCUT2D eigenvalue weighted by Gasteiger charge is -2.44. The smallest absolute Gasteiger partial charge is 0.101 e. The molecule has 0 bridgehead atoms. The molecule has 19 heavy (non-hydrogen) atoms. The van der Waals surface area contributed by atoms with Crippen molar-refractivity contribution >= 4 is 11.8 Å². The second-order valence-corrected chi connectivity index (χ2v) is 7.06. The molecular formula is C15H22O3S. The number of furan rings is 1. The highest BCUT2D eigenvalue weighted by molar-refractivity contribution is 7.99. The van der Waals surface area contributed by atoms with Crippen LogP contribution < -0.4 is 0 Å². The van der Waals surface area contributed by atoms with Crippen molar-refractivity contribution in [2.24, 2.45) is 5.92 Å². The molecule has 0 aromatic carbocycles. The first-order valence-corrected chi connectivity index (χ1v) is 8.29. The van der Waals surface area contributed by atoms with E-state index >= 15 is 0 Å². The third kappa shape index (κ3) is 2.86. The van der Waals surface area contributed by atoms with Crippen molar-refractivity contribution < 1.29 is 14.3 Å². The second-order valence-electron chi connectivity index (χ2n) is 5.83. The van der Waals surface area contributed by atoms with E-state index in [1.807, 2.05) is 24.8 Å². The lowest BCUT2D eigenvalue weighted by Crippen LogP contribution is -2.44. The zero-order valence-electron chi connectivity index (χ0n) is 11.4. The molecule has 0 aliphatic carbocycles. The van der Waals surface area contributed by atoms with Crippen LogP contribution in [0.1, 0.15) is 43.1 Å². The first-order valence-electron chi connectivity index (χ1n) is 7.13. The van der Waals surface area contributed by atoms with Crippen molar-refractivity contribution in [2.75, 3.05) is 18.1 Å². The minimum atomic E-state index is -0.409. The maximum Gasteiger partial charge on any atom is 0.101 e. The highest BCUT2D eigenvalue weighted by atomic mass is 32.2. The molecule has 1 aromatic heterocycles. The van der Waals surface area contributed by atoms with E-state index in [9.17, 15) is 5.11 Å². The summed E-state index contributed by atoms with van der Waals surface area (Å²) in [5.74, 6) is 3.54. The Morgan fingerprint density at radius 1 is 1.42 bits per heavy atom. The summed E-state index contributed by atoms with van der Waals surface area (Å²) >= 11 is 2.01.